The largest absolute Gasteiger partial charge is 0.447 e. The second-order valence-electron chi connectivity index (χ2n) is 2.71. The van der Waals surface area contributed by atoms with Gasteiger partial charge in [0.25, 0.3) is 0 Å². The van der Waals surface area contributed by atoms with Gasteiger partial charge in [0.2, 0.25) is 0 Å². The molecule has 2 heterocycles. The van der Waals surface area contributed by atoms with Crippen LogP contribution in [0.3, 0.4) is 0 Å². The number of halogens is 1. The number of carbonyl (C=O) groups excluding carboxylic acids is 1. The Balaban J connectivity index is 2.21. The normalized spacial score (nSPS) is 21.0. The number of carbonyl (C=O) groups is 1. The molecule has 0 saturated carbocycles. The number of nitrogens with one attached hydrogen (secondary N) is 1. The molecule has 2 rings (SSSR count). The zero-order valence-corrected chi connectivity index (χ0v) is 8.24. The Morgan fingerprint density at radius 3 is 3.15 bits per heavy atom. The quantitative estimate of drug-likeness (QED) is 0.762. The van der Waals surface area contributed by atoms with Crippen LogP contribution in [-0.2, 0) is 4.74 Å². The number of nitrogens with zero attached hydrogens (tertiary/aromatic N) is 1. The van der Waals surface area contributed by atoms with E-state index in [4.69, 9.17) is 4.74 Å². The highest BCUT2D eigenvalue weighted by Crippen LogP contribution is 2.19. The molecule has 4 nitrogen and oxygen atoms in total. The molecular weight excluding hydrogens is 236 g/mol. The lowest BCUT2D eigenvalue weighted by atomic mass is 10.1. The molecule has 1 N–H and O–H groups in total. The van der Waals surface area contributed by atoms with Crippen LogP contribution in [0.15, 0.2) is 22.9 Å². The average Bonchev–Trinajstić information content (AvgIpc) is 2.52. The van der Waals surface area contributed by atoms with Crippen LogP contribution in [0.2, 0.25) is 0 Å². The van der Waals surface area contributed by atoms with E-state index in [1.165, 1.54) is 0 Å². The van der Waals surface area contributed by atoms with Crippen molar-refractivity contribution in [3.8, 4) is 0 Å². The predicted molar refractivity (Wildman–Crippen MR) is 49.2 cm³/mol. The number of amides is 1. The minimum absolute atomic E-state index is 0.0493. The molecule has 1 aliphatic heterocycles. The van der Waals surface area contributed by atoms with E-state index in [9.17, 15) is 4.79 Å². The molecule has 1 aromatic rings. The summed E-state index contributed by atoms with van der Waals surface area (Å²) < 4.78 is 5.53. The van der Waals surface area contributed by atoms with Crippen molar-refractivity contribution in [3.63, 3.8) is 0 Å². The van der Waals surface area contributed by atoms with Crippen molar-refractivity contribution in [2.24, 2.45) is 0 Å². The van der Waals surface area contributed by atoms with Gasteiger partial charge in [-0.25, -0.2) is 9.78 Å². The minimum atomic E-state index is -0.363. The monoisotopic (exact) mass is 242 g/mol. The summed E-state index contributed by atoms with van der Waals surface area (Å²) in [4.78, 5) is 14.7. The van der Waals surface area contributed by atoms with E-state index in [1.54, 1.807) is 6.20 Å². The van der Waals surface area contributed by atoms with E-state index >= 15 is 0 Å². The van der Waals surface area contributed by atoms with Gasteiger partial charge in [0.15, 0.2) is 0 Å². The predicted octanol–water partition coefficient (Wildman–Crippen LogP) is 1.62. The van der Waals surface area contributed by atoms with E-state index in [1.807, 2.05) is 12.1 Å². The molecule has 1 saturated heterocycles. The summed E-state index contributed by atoms with van der Waals surface area (Å²) in [5, 5.41) is 2.69. The van der Waals surface area contributed by atoms with E-state index in [0.29, 0.717) is 6.61 Å². The number of rotatable bonds is 1. The van der Waals surface area contributed by atoms with Gasteiger partial charge >= 0.3 is 6.09 Å². The number of ether oxygens (including phenoxy) is 1. The van der Waals surface area contributed by atoms with Gasteiger partial charge in [0.1, 0.15) is 11.2 Å². The van der Waals surface area contributed by atoms with Gasteiger partial charge < -0.3 is 10.1 Å². The van der Waals surface area contributed by atoms with E-state index < -0.39 is 0 Å². The third-order valence-corrected chi connectivity index (χ3v) is 2.26. The van der Waals surface area contributed by atoms with Crippen LogP contribution < -0.4 is 5.32 Å². The van der Waals surface area contributed by atoms with E-state index in [-0.39, 0.29) is 12.1 Å². The number of cyclic esters (lactones) is 1. The molecule has 0 unspecified atom stereocenters. The lowest BCUT2D eigenvalue weighted by Gasteiger charge is -2.06. The molecule has 1 fully saturated rings. The molecule has 0 bridgehead atoms. The Morgan fingerprint density at radius 1 is 1.69 bits per heavy atom. The first-order chi connectivity index (χ1) is 6.25. The maximum absolute atomic E-state index is 10.8. The molecule has 1 aliphatic rings. The molecule has 1 aromatic heterocycles. The number of alkyl carbamates (subject to hydrolysis) is 1. The molecule has 0 spiro atoms. The molecule has 0 aliphatic carbocycles. The average molecular weight is 243 g/mol. The summed E-state index contributed by atoms with van der Waals surface area (Å²) in [5.74, 6) is 0. The first-order valence-electron chi connectivity index (χ1n) is 3.80. The standard InChI is InChI=1S/C8H7BrN2O2/c9-7-3-5(1-2-10-7)6-4-13-8(12)11-6/h1-3,6H,4H2,(H,11,12)/t6-/m0/s1. The lowest BCUT2D eigenvalue weighted by molar-refractivity contribution is 0.177. The molecule has 1 amide bonds. The Hall–Kier alpha value is -1.10. The lowest BCUT2D eigenvalue weighted by Crippen LogP contribution is -2.18. The molecule has 68 valence electrons. The number of hydrogen-bond acceptors (Lipinski definition) is 3. The maximum Gasteiger partial charge on any atom is 0.407 e. The van der Waals surface area contributed by atoms with Crippen molar-refractivity contribution in [2.45, 2.75) is 6.04 Å². The number of aromatic nitrogens is 1. The Bertz CT molecular complexity index is 343. The summed E-state index contributed by atoms with van der Waals surface area (Å²) >= 11 is 3.26. The molecule has 5 heteroatoms. The Morgan fingerprint density at radius 2 is 2.54 bits per heavy atom. The van der Waals surface area contributed by atoms with Crippen molar-refractivity contribution >= 4 is 22.0 Å². The highest BCUT2D eigenvalue weighted by molar-refractivity contribution is 9.10. The van der Waals surface area contributed by atoms with E-state index in [2.05, 4.69) is 26.2 Å². The van der Waals surface area contributed by atoms with Crippen molar-refractivity contribution in [2.75, 3.05) is 6.61 Å². The van der Waals surface area contributed by atoms with Crippen LogP contribution in [0.1, 0.15) is 11.6 Å². The van der Waals surface area contributed by atoms with Crippen LogP contribution in [0.25, 0.3) is 0 Å². The summed E-state index contributed by atoms with van der Waals surface area (Å²) in [6.45, 7) is 0.384. The summed E-state index contributed by atoms with van der Waals surface area (Å²) in [5.41, 5.74) is 0.993. The van der Waals surface area contributed by atoms with Crippen LogP contribution in [0, 0.1) is 0 Å². The number of pyridine rings is 1. The van der Waals surface area contributed by atoms with Gasteiger partial charge in [0.05, 0.1) is 6.04 Å². The van der Waals surface area contributed by atoms with Gasteiger partial charge in [-0.2, -0.15) is 0 Å². The minimum Gasteiger partial charge on any atom is -0.447 e. The van der Waals surface area contributed by atoms with Crippen LogP contribution in [-0.4, -0.2) is 17.7 Å². The summed E-state index contributed by atoms with van der Waals surface area (Å²) in [6.07, 6.45) is 1.32. The fourth-order valence-corrected chi connectivity index (χ4v) is 1.58. The molecule has 0 aromatic carbocycles. The fraction of sp³-hybridized carbons (Fsp3) is 0.250. The van der Waals surface area contributed by atoms with Gasteiger partial charge in [0, 0.05) is 6.20 Å². The SMILES string of the molecule is O=C1N[C@H](c2ccnc(Br)c2)CO1. The third-order valence-electron chi connectivity index (χ3n) is 1.83. The topological polar surface area (TPSA) is 51.2 Å². The first kappa shape index (κ1) is 8.50. The zero-order chi connectivity index (χ0) is 9.26. The van der Waals surface area contributed by atoms with Crippen LogP contribution in [0.4, 0.5) is 4.79 Å². The van der Waals surface area contributed by atoms with Crippen LogP contribution >= 0.6 is 15.9 Å². The van der Waals surface area contributed by atoms with Gasteiger partial charge in [-0.3, -0.25) is 0 Å². The molecule has 0 radical (unpaired) electrons. The summed E-state index contributed by atoms with van der Waals surface area (Å²) in [7, 11) is 0. The van der Waals surface area contributed by atoms with Gasteiger partial charge in [-0.1, -0.05) is 0 Å². The Labute approximate surface area is 83.4 Å². The smallest absolute Gasteiger partial charge is 0.407 e. The number of hydrogen-bond donors (Lipinski definition) is 1. The molecular formula is C8H7BrN2O2. The Kier molecular flexibility index (Phi) is 2.18. The van der Waals surface area contributed by atoms with Crippen LogP contribution in [0.5, 0.6) is 0 Å². The molecule has 13 heavy (non-hydrogen) atoms. The fourth-order valence-electron chi connectivity index (χ4n) is 1.20. The zero-order valence-electron chi connectivity index (χ0n) is 6.66. The highest BCUT2D eigenvalue weighted by atomic mass is 79.9. The second-order valence-corrected chi connectivity index (χ2v) is 3.52. The van der Waals surface area contributed by atoms with Crippen molar-refractivity contribution in [3.05, 3.63) is 28.5 Å². The highest BCUT2D eigenvalue weighted by Gasteiger charge is 2.23. The van der Waals surface area contributed by atoms with Crippen molar-refractivity contribution in [1.82, 2.24) is 10.3 Å². The maximum atomic E-state index is 10.8. The van der Waals surface area contributed by atoms with Crippen molar-refractivity contribution in [1.29, 1.82) is 0 Å². The van der Waals surface area contributed by atoms with Gasteiger partial charge in [-0.15, -0.1) is 0 Å². The van der Waals surface area contributed by atoms with E-state index in [0.717, 1.165) is 10.2 Å². The second kappa shape index (κ2) is 3.33. The summed E-state index contributed by atoms with van der Waals surface area (Å²) in [6, 6.07) is 3.66. The van der Waals surface area contributed by atoms with Gasteiger partial charge in [-0.05, 0) is 33.6 Å². The third kappa shape index (κ3) is 1.80. The van der Waals surface area contributed by atoms with Crippen molar-refractivity contribution < 1.29 is 9.53 Å². The molecule has 1 atom stereocenters. The first-order valence-corrected chi connectivity index (χ1v) is 4.60.